The van der Waals surface area contributed by atoms with Crippen LogP contribution in [0.1, 0.15) is 31.4 Å². The highest BCUT2D eigenvalue weighted by molar-refractivity contribution is 7.96. The number of allylic oxidation sites excluding steroid dienone is 1. The zero-order valence-corrected chi connectivity index (χ0v) is 35.7. The van der Waals surface area contributed by atoms with Crippen LogP contribution in [0.25, 0.3) is 0 Å². The fourth-order valence-corrected chi connectivity index (χ4v) is 12.1. The molecule has 0 aliphatic carbocycles. The Kier molecular flexibility index (Phi) is 14.1. The van der Waals surface area contributed by atoms with E-state index in [4.69, 9.17) is 26.4 Å². The number of hydrogen-bond donors (Lipinski definition) is 1. The molecule has 1 saturated heterocycles. The monoisotopic (exact) mass is 888 g/mol. The molecule has 63 heavy (non-hydrogen) atoms. The molecule has 0 saturated carbocycles. The van der Waals surface area contributed by atoms with Crippen LogP contribution in [0, 0.1) is 25.6 Å². The molecule has 3 atom stereocenters. The second-order valence-electron chi connectivity index (χ2n) is 14.4. The first-order valence-corrected chi connectivity index (χ1v) is 21.6. The number of ether oxygens (including phenoxy) is 3. The minimum Gasteiger partial charge on any atom is -0.456 e. The van der Waals surface area contributed by atoms with Gasteiger partial charge in [-0.05, 0) is 58.2 Å². The zero-order valence-electron chi connectivity index (χ0n) is 34.0. The molecule has 1 aliphatic heterocycles. The Balaban J connectivity index is 1.55. The van der Waals surface area contributed by atoms with Crippen LogP contribution in [-0.4, -0.2) is 61.2 Å². The standard InChI is InChI=1S/C46H41N4O11PS/c1-4-40(63)28-46(31(2)61-45(54)60-30-34-22-26-36(27-23-34)50(57)58)43(47-32(3)51)48(44(46)53)41(42(52)59-29-33-20-24-35(25-21-33)49(55)56)62(37-14-8-5-9-15-37,38-16-10-6-11-17-38)39-18-12-7-13-19-39/h4-27,31,43H,1,28-30H2,2-3H3,(H,47,51). The zero-order chi connectivity index (χ0) is 45.3. The number of likely N-dealkylation sites (tertiary alicyclic amines) is 1. The van der Waals surface area contributed by atoms with Crippen molar-refractivity contribution in [2.24, 2.45) is 5.41 Å². The van der Waals surface area contributed by atoms with Crippen LogP contribution < -0.4 is 21.2 Å². The van der Waals surface area contributed by atoms with Crippen LogP contribution in [0.5, 0.6) is 0 Å². The minimum absolute atomic E-state index is 0.121. The van der Waals surface area contributed by atoms with Gasteiger partial charge in [0.25, 0.3) is 11.4 Å². The van der Waals surface area contributed by atoms with Crippen LogP contribution in [0.4, 0.5) is 16.2 Å². The van der Waals surface area contributed by atoms with E-state index < -0.39 is 58.4 Å². The molecular weight excluding hydrogens is 848 g/mol. The van der Waals surface area contributed by atoms with Crippen molar-refractivity contribution in [1.29, 1.82) is 0 Å². The summed E-state index contributed by atoms with van der Waals surface area (Å²) in [7, 11) is 0. The number of β-lactam (4-membered cyclic amide) rings is 1. The summed E-state index contributed by atoms with van der Waals surface area (Å²) >= 11 is 5.63. The average molecular weight is 889 g/mol. The lowest BCUT2D eigenvalue weighted by Crippen LogP contribution is -2.80. The fourth-order valence-electron chi connectivity index (χ4n) is 7.53. The first-order valence-electron chi connectivity index (χ1n) is 19.4. The number of rotatable bonds is 17. The fraction of sp³-hybridized carbons (Fsp3) is 0.174. The molecule has 1 heterocycles. The maximum atomic E-state index is 15.6. The van der Waals surface area contributed by atoms with E-state index in [2.05, 4.69) is 11.9 Å². The van der Waals surface area contributed by atoms with Gasteiger partial charge < -0.3 is 19.5 Å². The van der Waals surface area contributed by atoms with Crippen molar-refractivity contribution in [3.8, 4) is 0 Å². The topological polar surface area (TPSA) is 198 Å². The minimum atomic E-state index is -3.53. The van der Waals surface area contributed by atoms with E-state index in [1.54, 1.807) is 0 Å². The van der Waals surface area contributed by atoms with E-state index >= 15 is 9.59 Å². The molecular formula is C46H41N4O11PS. The number of nitrogens with one attached hydrogen (secondary N) is 1. The van der Waals surface area contributed by atoms with Crippen LogP contribution in [0.15, 0.2) is 152 Å². The number of carbonyl (C=O) groups is 4. The predicted octanol–water partition coefficient (Wildman–Crippen LogP) is 6.65. The van der Waals surface area contributed by atoms with E-state index in [0.717, 1.165) is 0 Å². The lowest BCUT2D eigenvalue weighted by atomic mass is 9.67. The van der Waals surface area contributed by atoms with Gasteiger partial charge in [0.2, 0.25) is 11.8 Å². The maximum Gasteiger partial charge on any atom is 0.508 e. The Morgan fingerprint density at radius 3 is 1.60 bits per heavy atom. The van der Waals surface area contributed by atoms with Gasteiger partial charge in [0.15, 0.2) is 0 Å². The van der Waals surface area contributed by atoms with Crippen molar-refractivity contribution in [1.82, 2.24) is 10.2 Å². The quantitative estimate of drug-likeness (QED) is 0.0199. The summed E-state index contributed by atoms with van der Waals surface area (Å²) in [5, 5.41) is 27.3. The van der Waals surface area contributed by atoms with Crippen molar-refractivity contribution in [3.05, 3.63) is 184 Å². The number of hydrogen-bond acceptors (Lipinski definition) is 12. The molecule has 6 rings (SSSR count). The molecule has 17 heteroatoms. The smallest absolute Gasteiger partial charge is 0.456 e. The number of nitro groups is 2. The Morgan fingerprint density at radius 1 is 0.778 bits per heavy atom. The molecule has 15 nitrogen and oxygen atoms in total. The molecule has 1 N–H and O–H groups in total. The molecule has 322 valence electrons. The summed E-state index contributed by atoms with van der Waals surface area (Å²) in [5.41, 5.74) is -1.44. The van der Waals surface area contributed by atoms with E-state index in [0.29, 0.717) is 27.0 Å². The number of carbonyl (C=O) groups excluding carboxylic acids is 4. The van der Waals surface area contributed by atoms with Gasteiger partial charge in [0.1, 0.15) is 36.3 Å². The molecule has 1 aliphatic rings. The van der Waals surface area contributed by atoms with Crippen molar-refractivity contribution in [2.45, 2.75) is 45.8 Å². The van der Waals surface area contributed by atoms with E-state index in [1.165, 1.54) is 73.4 Å². The van der Waals surface area contributed by atoms with Gasteiger partial charge in [-0.1, -0.05) is 116 Å². The Labute approximate surface area is 367 Å². The Bertz CT molecular complexity index is 2510. The van der Waals surface area contributed by atoms with Crippen LogP contribution in [0.3, 0.4) is 0 Å². The molecule has 5 aromatic carbocycles. The van der Waals surface area contributed by atoms with Gasteiger partial charge in [0, 0.05) is 49.4 Å². The predicted molar refractivity (Wildman–Crippen MR) is 241 cm³/mol. The maximum absolute atomic E-state index is 15.6. The number of benzene rings is 5. The van der Waals surface area contributed by atoms with Crippen molar-refractivity contribution < 1.29 is 43.2 Å². The summed E-state index contributed by atoms with van der Waals surface area (Å²) in [6.07, 6.45) is -2.85. The van der Waals surface area contributed by atoms with Gasteiger partial charge in [-0.25, -0.2) is 9.59 Å². The van der Waals surface area contributed by atoms with Crippen molar-refractivity contribution in [3.63, 3.8) is 0 Å². The summed E-state index contributed by atoms with van der Waals surface area (Å²) in [6, 6.07) is 38.2. The van der Waals surface area contributed by atoms with Crippen LogP contribution >= 0.6 is 19.1 Å². The van der Waals surface area contributed by atoms with Gasteiger partial charge in [0.05, 0.1) is 9.85 Å². The number of non-ortho nitro benzene ring substituents is 2. The van der Waals surface area contributed by atoms with Gasteiger partial charge in [-0.3, -0.25) is 34.7 Å². The number of thiocarbonyl (C=S) groups is 1. The van der Waals surface area contributed by atoms with Crippen molar-refractivity contribution in [2.75, 3.05) is 0 Å². The molecule has 0 spiro atoms. The largest absolute Gasteiger partial charge is 0.508 e. The molecule has 0 radical (unpaired) electrons. The summed E-state index contributed by atoms with van der Waals surface area (Å²) in [4.78, 5) is 80.4. The van der Waals surface area contributed by atoms with Gasteiger partial charge in [-0.2, -0.15) is 0 Å². The molecule has 2 amide bonds. The lowest BCUT2D eigenvalue weighted by molar-refractivity contribution is -0.385. The summed E-state index contributed by atoms with van der Waals surface area (Å²) in [6.45, 7) is 2.26. The molecule has 0 aromatic heterocycles. The molecule has 1 fully saturated rings. The Morgan fingerprint density at radius 2 is 1.21 bits per heavy atom. The third-order valence-corrected chi connectivity index (χ3v) is 15.1. The first kappa shape index (κ1) is 45.2. The molecule has 0 bridgehead atoms. The second kappa shape index (κ2) is 19.6. The highest BCUT2D eigenvalue weighted by Crippen LogP contribution is 2.53. The van der Waals surface area contributed by atoms with Crippen molar-refractivity contribution >= 4 is 80.6 Å². The second-order valence-corrected chi connectivity index (χ2v) is 18.2. The lowest BCUT2D eigenvalue weighted by Gasteiger charge is -2.58. The van der Waals surface area contributed by atoms with Crippen LogP contribution in [0.2, 0.25) is 0 Å². The third-order valence-electron chi connectivity index (χ3n) is 10.6. The summed E-state index contributed by atoms with van der Waals surface area (Å²) < 4.78 is 17.3. The number of nitro benzene ring substituents is 2. The number of nitrogens with zero attached hydrogens (tertiary/aromatic N) is 3. The van der Waals surface area contributed by atoms with Gasteiger partial charge >= 0.3 is 12.1 Å². The first-order chi connectivity index (χ1) is 30.2. The van der Waals surface area contributed by atoms with E-state index in [-0.39, 0.29) is 41.3 Å². The normalized spacial score (nSPS) is 16.1. The highest BCUT2D eigenvalue weighted by Gasteiger charge is 2.68. The Hall–Kier alpha value is -7.29. The number of esters is 1. The number of amides is 2. The molecule has 3 unspecified atom stereocenters. The van der Waals surface area contributed by atoms with E-state index in [1.807, 2.05) is 91.0 Å². The molecule has 5 aromatic rings. The van der Waals surface area contributed by atoms with Gasteiger partial charge in [-0.15, -0.1) is 0 Å². The average Bonchev–Trinajstić information content (AvgIpc) is 3.29. The van der Waals surface area contributed by atoms with E-state index in [9.17, 15) is 29.8 Å². The summed E-state index contributed by atoms with van der Waals surface area (Å²) in [5.74, 6) is -2.27. The highest BCUT2D eigenvalue weighted by atomic mass is 32.1. The third kappa shape index (κ3) is 9.32. The van der Waals surface area contributed by atoms with Crippen LogP contribution in [-0.2, 0) is 41.8 Å². The SMILES string of the molecule is C=CC(=S)CC1(C(C)OC(=O)OCc2ccc([N+](=O)[O-])cc2)C(=O)N(C(C(=O)OCc2ccc([N+](=O)[O-])cc2)=P(c2ccccc2)(c2ccccc2)c2ccccc2)C1NC(C)=O.